The zero-order valence-electron chi connectivity index (χ0n) is 26.0. The molecule has 0 heterocycles. The molecule has 218 valence electrons. The molecule has 0 saturated carbocycles. The molecule has 6 aromatic carbocycles. The maximum atomic E-state index is 5.42. The van der Waals surface area contributed by atoms with E-state index in [1.54, 1.807) is 0 Å². The third-order valence-corrected chi connectivity index (χ3v) is 7.38. The van der Waals surface area contributed by atoms with E-state index in [9.17, 15) is 0 Å². The lowest BCUT2D eigenvalue weighted by Gasteiger charge is -2.02. The van der Waals surface area contributed by atoms with Gasteiger partial charge in [0.2, 0.25) is 0 Å². The van der Waals surface area contributed by atoms with Gasteiger partial charge in [0.05, 0.1) is 0 Å². The fourth-order valence-corrected chi connectivity index (χ4v) is 4.64. The largest absolute Gasteiger partial charge is 0.115 e. The second kappa shape index (κ2) is 15.1. The summed E-state index contributed by atoms with van der Waals surface area (Å²) in [6.45, 7) is 0. The van der Waals surface area contributed by atoms with Gasteiger partial charge in [0, 0.05) is 55.6 Å². The van der Waals surface area contributed by atoms with E-state index < -0.39 is 0 Å². The summed E-state index contributed by atoms with van der Waals surface area (Å²) in [4.78, 5) is 0. The Morgan fingerprint density at radius 2 is 0.354 bits per heavy atom. The molecule has 0 bridgehead atoms. The summed E-state index contributed by atoms with van der Waals surface area (Å²) in [5.74, 6) is 30.9. The number of benzene rings is 6. The molecule has 0 aromatic heterocycles. The topological polar surface area (TPSA) is 0 Å². The molecular weight excluding hydrogens is 577 g/mol. The van der Waals surface area contributed by atoms with Crippen LogP contribution in [0.3, 0.4) is 0 Å². The molecule has 0 fully saturated rings. The fourth-order valence-electron chi connectivity index (χ4n) is 4.64. The minimum Gasteiger partial charge on any atom is -0.115 e. The lowest BCUT2D eigenvalue weighted by atomic mass is 10.0. The van der Waals surface area contributed by atoms with Gasteiger partial charge in [-0.1, -0.05) is 83.5 Å². The van der Waals surface area contributed by atoms with Gasteiger partial charge in [-0.3, -0.25) is 0 Å². The lowest BCUT2D eigenvalue weighted by molar-refractivity contribution is 1.56. The number of hydrogen-bond donors (Lipinski definition) is 0. The highest BCUT2D eigenvalue weighted by Crippen LogP contribution is 2.20. The van der Waals surface area contributed by atoms with Gasteiger partial charge in [-0.05, 0) is 132 Å². The highest BCUT2D eigenvalue weighted by Gasteiger charge is 1.99. The van der Waals surface area contributed by atoms with E-state index >= 15 is 0 Å². The number of rotatable bonds is 1. The summed E-state index contributed by atoms with van der Waals surface area (Å²) < 4.78 is 0. The minimum absolute atomic E-state index is 0.848. The van der Waals surface area contributed by atoms with E-state index in [0.29, 0.717) is 0 Å². The van der Waals surface area contributed by atoms with Crippen molar-refractivity contribution < 1.29 is 0 Å². The Balaban J connectivity index is 1.04. The predicted molar refractivity (Wildman–Crippen MR) is 197 cm³/mol. The highest BCUT2D eigenvalue weighted by molar-refractivity contribution is 5.66. The molecule has 0 radical (unpaired) electrons. The van der Waals surface area contributed by atoms with Crippen molar-refractivity contribution >= 4 is 0 Å². The molecule has 0 N–H and O–H groups in total. The molecule has 0 atom stereocenters. The van der Waals surface area contributed by atoms with Crippen molar-refractivity contribution in [3.8, 4) is 83.2 Å². The van der Waals surface area contributed by atoms with Crippen LogP contribution in [0.1, 0.15) is 55.6 Å². The summed E-state index contributed by atoms with van der Waals surface area (Å²) in [5.41, 5.74) is 11.5. The summed E-state index contributed by atoms with van der Waals surface area (Å²) in [5, 5.41) is 0. The smallest absolute Gasteiger partial charge is 0.0249 e. The molecule has 6 aromatic rings. The molecular formula is C48H26. The molecule has 0 aliphatic carbocycles. The summed E-state index contributed by atoms with van der Waals surface area (Å²) in [7, 11) is 0. The van der Waals surface area contributed by atoms with Gasteiger partial charge in [0.25, 0.3) is 0 Å². The predicted octanol–water partition coefficient (Wildman–Crippen LogP) is 8.92. The Morgan fingerprint density at radius 3 is 0.521 bits per heavy atom. The summed E-state index contributed by atoms with van der Waals surface area (Å²) >= 11 is 0. The molecule has 0 spiro atoms. The Morgan fingerprint density at radius 1 is 0.208 bits per heavy atom. The van der Waals surface area contributed by atoms with Crippen molar-refractivity contribution in [1.82, 2.24) is 0 Å². The monoisotopic (exact) mass is 602 g/mol. The molecule has 0 unspecified atom stereocenters. The fraction of sp³-hybridized carbons (Fsp3) is 0. The summed E-state index contributed by atoms with van der Waals surface area (Å²) in [6, 6.07) is 47.8. The molecule has 0 saturated heterocycles. The van der Waals surface area contributed by atoms with Crippen molar-refractivity contribution in [2.45, 2.75) is 0 Å². The van der Waals surface area contributed by atoms with Gasteiger partial charge in [-0.25, -0.2) is 0 Å². The van der Waals surface area contributed by atoms with Crippen LogP contribution in [0.4, 0.5) is 0 Å². The second-order valence-corrected chi connectivity index (χ2v) is 10.8. The van der Waals surface area contributed by atoms with E-state index in [0.717, 1.165) is 66.8 Å². The van der Waals surface area contributed by atoms with Gasteiger partial charge in [-0.15, -0.1) is 12.8 Å². The third-order valence-electron chi connectivity index (χ3n) is 7.38. The average molecular weight is 603 g/mol. The van der Waals surface area contributed by atoms with Crippen molar-refractivity contribution in [2.75, 3.05) is 0 Å². The van der Waals surface area contributed by atoms with E-state index in [4.69, 9.17) is 12.8 Å². The number of hydrogen-bond acceptors (Lipinski definition) is 0. The van der Waals surface area contributed by atoms with Gasteiger partial charge in [-0.2, -0.15) is 0 Å². The standard InChI is InChI=1S/C48H26/c1-3-37-5-9-39(10-6-37)13-15-41-17-21-43(22-18-41)25-27-45-29-33-47(34-30-45)48-35-31-46(32-36-48)28-26-44-23-19-42(20-24-44)16-14-40-11-7-38(4-2)8-12-40/h1-2,5-12,17-24,29-36H. The van der Waals surface area contributed by atoms with E-state index in [-0.39, 0.29) is 0 Å². The Labute approximate surface area is 283 Å². The molecule has 0 heteroatoms. The van der Waals surface area contributed by atoms with Gasteiger partial charge < -0.3 is 0 Å². The quantitative estimate of drug-likeness (QED) is 0.165. The molecule has 6 rings (SSSR count). The van der Waals surface area contributed by atoms with E-state index in [1.165, 1.54) is 0 Å². The van der Waals surface area contributed by atoms with Crippen molar-refractivity contribution in [3.05, 3.63) is 201 Å². The van der Waals surface area contributed by atoms with Crippen LogP contribution >= 0.6 is 0 Å². The molecule has 0 nitrogen and oxygen atoms in total. The van der Waals surface area contributed by atoms with Gasteiger partial charge in [0.1, 0.15) is 0 Å². The van der Waals surface area contributed by atoms with Crippen LogP contribution in [-0.4, -0.2) is 0 Å². The zero-order chi connectivity index (χ0) is 33.0. The van der Waals surface area contributed by atoms with Gasteiger partial charge >= 0.3 is 0 Å². The van der Waals surface area contributed by atoms with Crippen LogP contribution < -0.4 is 0 Å². The van der Waals surface area contributed by atoms with Crippen molar-refractivity contribution in [3.63, 3.8) is 0 Å². The second-order valence-electron chi connectivity index (χ2n) is 10.8. The van der Waals surface area contributed by atoms with E-state index in [2.05, 4.69) is 83.5 Å². The zero-order valence-corrected chi connectivity index (χ0v) is 26.0. The van der Waals surface area contributed by atoms with Crippen molar-refractivity contribution in [2.24, 2.45) is 0 Å². The first-order chi connectivity index (χ1) is 23.6. The average Bonchev–Trinajstić information content (AvgIpc) is 3.16. The first kappa shape index (κ1) is 30.7. The lowest BCUT2D eigenvalue weighted by Crippen LogP contribution is -1.82. The first-order valence-corrected chi connectivity index (χ1v) is 15.3. The normalized spacial score (nSPS) is 9.38. The van der Waals surface area contributed by atoms with Crippen molar-refractivity contribution in [1.29, 1.82) is 0 Å². The number of terminal acetylenes is 2. The highest BCUT2D eigenvalue weighted by atomic mass is 14.0. The Bertz CT molecular complexity index is 2220. The molecule has 48 heavy (non-hydrogen) atoms. The third kappa shape index (κ3) is 8.44. The first-order valence-electron chi connectivity index (χ1n) is 15.3. The van der Waals surface area contributed by atoms with Crippen LogP contribution in [0.15, 0.2) is 146 Å². The van der Waals surface area contributed by atoms with Crippen LogP contribution in [0, 0.1) is 72.1 Å². The molecule has 0 aliphatic heterocycles. The summed E-state index contributed by atoms with van der Waals surface area (Å²) in [6.07, 6.45) is 10.8. The van der Waals surface area contributed by atoms with E-state index in [1.807, 2.05) is 121 Å². The maximum Gasteiger partial charge on any atom is 0.0249 e. The maximum absolute atomic E-state index is 5.42. The van der Waals surface area contributed by atoms with Crippen LogP contribution in [0.2, 0.25) is 0 Å². The molecule has 0 amide bonds. The Kier molecular flexibility index (Phi) is 9.66. The van der Waals surface area contributed by atoms with Gasteiger partial charge in [0.15, 0.2) is 0 Å². The SMILES string of the molecule is C#Cc1ccc(C#Cc2ccc(C#Cc3ccc(-c4ccc(C#Cc5ccc(C#Cc6ccc(C#C)cc6)cc5)cc4)cc3)cc2)cc1. The van der Waals surface area contributed by atoms with Crippen LogP contribution in [0.5, 0.6) is 0 Å². The Hall–Kier alpha value is -7.32. The minimum atomic E-state index is 0.848. The molecule has 0 aliphatic rings. The van der Waals surface area contributed by atoms with Crippen LogP contribution in [-0.2, 0) is 0 Å². The van der Waals surface area contributed by atoms with Crippen LogP contribution in [0.25, 0.3) is 11.1 Å².